The van der Waals surface area contributed by atoms with Crippen molar-refractivity contribution in [2.75, 3.05) is 20.6 Å². The summed E-state index contributed by atoms with van der Waals surface area (Å²) in [7, 11) is 4.02. The minimum Gasteiger partial charge on any atom is -0.441 e. The molecule has 2 aromatic heterocycles. The lowest BCUT2D eigenvalue weighted by Crippen LogP contribution is -2.15. The molecule has 0 saturated heterocycles. The van der Waals surface area contributed by atoms with Crippen LogP contribution in [0.4, 0.5) is 4.79 Å². The fraction of sp³-hybridized carbons (Fsp3) is 0.333. The molecular weight excluding hydrogens is 324 g/mol. The molecule has 0 aliphatic heterocycles. The number of aromatic nitrogens is 1. The highest BCUT2D eigenvalue weighted by atomic mass is 16.6. The molecule has 1 aromatic carbocycles. The van der Waals surface area contributed by atoms with Gasteiger partial charge in [0.2, 0.25) is 0 Å². The van der Waals surface area contributed by atoms with Crippen LogP contribution in [0.25, 0.3) is 10.9 Å². The van der Waals surface area contributed by atoms with E-state index in [0.717, 1.165) is 29.4 Å². The minimum absolute atomic E-state index is 0.157. The molecule has 3 aromatic rings. The third kappa shape index (κ3) is 3.66. The van der Waals surface area contributed by atoms with Crippen LogP contribution in [0.15, 0.2) is 44.1 Å². The molecule has 0 unspecified atom stereocenters. The Hall–Kier alpha value is -2.80. The monoisotopic (exact) mass is 344 g/mol. The van der Waals surface area contributed by atoms with Gasteiger partial charge in [0, 0.05) is 18.1 Å². The number of carbonyl (C=O) groups is 1. The summed E-state index contributed by atoms with van der Waals surface area (Å²) in [4.78, 5) is 25.6. The second kappa shape index (κ2) is 6.98. The van der Waals surface area contributed by atoms with Crippen LogP contribution in [-0.2, 0) is 17.8 Å². The van der Waals surface area contributed by atoms with Crippen molar-refractivity contribution in [2.24, 2.45) is 0 Å². The molecule has 0 spiro atoms. The summed E-state index contributed by atoms with van der Waals surface area (Å²) in [6.07, 6.45) is 2.09. The molecule has 0 N–H and O–H groups in total. The van der Waals surface area contributed by atoms with Crippen LogP contribution in [0.3, 0.4) is 0 Å². The average Bonchev–Trinajstić information content (AvgIpc) is 3.10. The Kier molecular flexibility index (Phi) is 4.76. The number of hydrogen-bond donors (Lipinski definition) is 0. The van der Waals surface area contributed by atoms with E-state index < -0.39 is 11.9 Å². The van der Waals surface area contributed by atoms with Gasteiger partial charge in [-0.05, 0) is 39.1 Å². The number of fused-ring (bicyclic) bond motifs is 1. The van der Waals surface area contributed by atoms with Crippen molar-refractivity contribution in [3.05, 3.63) is 58.2 Å². The van der Waals surface area contributed by atoms with Crippen LogP contribution in [0.2, 0.25) is 0 Å². The van der Waals surface area contributed by atoms with E-state index in [0.29, 0.717) is 5.76 Å². The van der Waals surface area contributed by atoms with Crippen molar-refractivity contribution >= 4 is 17.0 Å². The number of benzene rings is 1. The highest BCUT2D eigenvalue weighted by Gasteiger charge is 2.16. The van der Waals surface area contributed by atoms with Crippen molar-refractivity contribution in [3.8, 4) is 0 Å². The van der Waals surface area contributed by atoms with Gasteiger partial charge in [0.1, 0.15) is 0 Å². The van der Waals surface area contributed by atoms with Crippen LogP contribution < -0.4 is 5.82 Å². The first-order valence-corrected chi connectivity index (χ1v) is 7.96. The second-order valence-corrected chi connectivity index (χ2v) is 6.08. The fourth-order valence-electron chi connectivity index (χ4n) is 2.65. The summed E-state index contributed by atoms with van der Waals surface area (Å²) in [5.74, 6) is -0.287. The Morgan fingerprint density at radius 3 is 2.68 bits per heavy atom. The van der Waals surface area contributed by atoms with E-state index in [1.165, 1.54) is 4.57 Å². The van der Waals surface area contributed by atoms with Crippen molar-refractivity contribution in [2.45, 2.75) is 20.0 Å². The number of nitrogens with zero attached hydrogens (tertiary/aromatic N) is 2. The summed E-state index contributed by atoms with van der Waals surface area (Å²) in [5, 5.41) is 1.02. The Bertz CT molecular complexity index is 948. The highest BCUT2D eigenvalue weighted by Crippen LogP contribution is 2.22. The molecule has 25 heavy (non-hydrogen) atoms. The van der Waals surface area contributed by atoms with Gasteiger partial charge >= 0.3 is 11.9 Å². The number of ether oxygens (including phenoxy) is 1. The highest BCUT2D eigenvalue weighted by molar-refractivity contribution is 5.91. The third-order valence-corrected chi connectivity index (χ3v) is 3.98. The zero-order valence-corrected chi connectivity index (χ0v) is 14.4. The van der Waals surface area contributed by atoms with E-state index in [-0.39, 0.29) is 12.4 Å². The van der Waals surface area contributed by atoms with Gasteiger partial charge in [-0.25, -0.2) is 9.59 Å². The Morgan fingerprint density at radius 2 is 2.00 bits per heavy atom. The largest absolute Gasteiger partial charge is 0.519 e. The van der Waals surface area contributed by atoms with Gasteiger partial charge in [-0.2, -0.15) is 0 Å². The third-order valence-electron chi connectivity index (χ3n) is 3.98. The predicted octanol–water partition coefficient (Wildman–Crippen LogP) is 2.78. The first-order valence-electron chi connectivity index (χ1n) is 7.96. The van der Waals surface area contributed by atoms with Gasteiger partial charge in [-0.3, -0.25) is 4.57 Å². The van der Waals surface area contributed by atoms with Gasteiger partial charge in [-0.15, -0.1) is 0 Å². The lowest BCUT2D eigenvalue weighted by molar-refractivity contribution is 0.132. The Labute approximate surface area is 144 Å². The molecule has 0 radical (unpaired) electrons. The molecule has 2 heterocycles. The molecular formula is C18H20N2O5. The van der Waals surface area contributed by atoms with Gasteiger partial charge in [0.05, 0.1) is 5.52 Å². The summed E-state index contributed by atoms with van der Waals surface area (Å²) < 4.78 is 16.4. The van der Waals surface area contributed by atoms with Crippen LogP contribution in [0.5, 0.6) is 0 Å². The summed E-state index contributed by atoms with van der Waals surface area (Å²) in [6.45, 7) is 2.30. The van der Waals surface area contributed by atoms with Crippen molar-refractivity contribution in [1.82, 2.24) is 9.47 Å². The lowest BCUT2D eigenvalue weighted by Gasteiger charge is -2.07. The normalized spacial score (nSPS) is 11.4. The molecule has 0 saturated carbocycles. The molecule has 0 aliphatic rings. The van der Waals surface area contributed by atoms with Gasteiger partial charge in [0.25, 0.3) is 0 Å². The zero-order chi connectivity index (χ0) is 18.0. The fourth-order valence-corrected chi connectivity index (χ4v) is 2.65. The zero-order valence-electron chi connectivity index (χ0n) is 14.4. The molecule has 0 atom stereocenters. The van der Waals surface area contributed by atoms with Crippen molar-refractivity contribution in [3.63, 3.8) is 0 Å². The predicted molar refractivity (Wildman–Crippen MR) is 91.8 cm³/mol. The van der Waals surface area contributed by atoms with Gasteiger partial charge in [-0.1, -0.05) is 18.2 Å². The van der Waals surface area contributed by atoms with Crippen molar-refractivity contribution < 1.29 is 18.4 Å². The molecule has 132 valence electrons. The summed E-state index contributed by atoms with van der Waals surface area (Å²) >= 11 is 0. The minimum atomic E-state index is -0.805. The number of hydrogen-bond acceptors (Lipinski definition) is 6. The smallest absolute Gasteiger partial charge is 0.441 e. The van der Waals surface area contributed by atoms with E-state index in [4.69, 9.17) is 13.6 Å². The van der Waals surface area contributed by atoms with E-state index in [2.05, 4.69) is 4.90 Å². The van der Waals surface area contributed by atoms with E-state index in [1.807, 2.05) is 38.4 Å². The maximum absolute atomic E-state index is 12.5. The first kappa shape index (κ1) is 17.0. The average molecular weight is 344 g/mol. The molecule has 0 aliphatic carbocycles. The van der Waals surface area contributed by atoms with Crippen LogP contribution in [-0.4, -0.2) is 36.2 Å². The lowest BCUT2D eigenvalue weighted by atomic mass is 10.1. The Morgan fingerprint density at radius 1 is 1.24 bits per heavy atom. The van der Waals surface area contributed by atoms with Crippen LogP contribution in [0, 0.1) is 6.92 Å². The molecule has 0 fully saturated rings. The second-order valence-electron chi connectivity index (χ2n) is 6.08. The van der Waals surface area contributed by atoms with Gasteiger partial charge in [0.15, 0.2) is 18.1 Å². The maximum atomic E-state index is 12.5. The van der Waals surface area contributed by atoms with Gasteiger partial charge < -0.3 is 18.5 Å². The van der Waals surface area contributed by atoms with Crippen LogP contribution in [0.1, 0.15) is 17.1 Å². The van der Waals surface area contributed by atoms with Crippen LogP contribution >= 0.6 is 0 Å². The molecule has 3 rings (SSSR count). The van der Waals surface area contributed by atoms with E-state index in [1.54, 1.807) is 13.1 Å². The maximum Gasteiger partial charge on any atom is 0.519 e. The number of para-hydroxylation sites is 1. The topological polar surface area (TPSA) is 77.8 Å². The molecule has 7 heteroatoms. The summed E-state index contributed by atoms with van der Waals surface area (Å²) in [5.41, 5.74) is 1.86. The van der Waals surface area contributed by atoms with Crippen molar-refractivity contribution in [1.29, 1.82) is 0 Å². The first-order chi connectivity index (χ1) is 12.0. The SMILES string of the molecule is Cc1oc(=O)oc1COC(=O)n1cc(CCN(C)C)c2ccccc21. The van der Waals surface area contributed by atoms with E-state index >= 15 is 0 Å². The number of likely N-dealkylation sites (N-methyl/N-ethyl adjacent to an activating group) is 1. The van der Waals surface area contributed by atoms with E-state index in [9.17, 15) is 9.59 Å². The molecule has 7 nitrogen and oxygen atoms in total. The molecule has 0 bridgehead atoms. The quantitative estimate of drug-likeness (QED) is 0.708. The number of carbonyl (C=O) groups excluding carboxylic acids is 1. The Balaban J connectivity index is 1.83. The standard InChI is InChI=1S/C18H20N2O5/c1-12-16(25-18(22)24-12)11-23-17(21)20-10-13(8-9-19(2)3)14-6-4-5-7-15(14)20/h4-7,10H,8-9,11H2,1-3H3. The number of aryl methyl sites for hydroxylation is 1. The number of rotatable bonds is 5. The summed E-state index contributed by atoms with van der Waals surface area (Å²) in [6, 6.07) is 7.68. The molecule has 0 amide bonds.